The number of hydrogen-bond donors (Lipinski definition) is 3. The number of nitrogens with two attached hydrogens (primary N) is 1. The monoisotopic (exact) mass is 267 g/mol. The average Bonchev–Trinajstić information content (AvgIpc) is 2.69. The van der Waals surface area contributed by atoms with Crippen LogP contribution in [0.25, 0.3) is 0 Å². The molecule has 0 bridgehead atoms. The summed E-state index contributed by atoms with van der Waals surface area (Å²) in [5.74, 6) is -0.724. The smallest absolute Gasteiger partial charge is 0.259 e. The van der Waals surface area contributed by atoms with Gasteiger partial charge in [-0.3, -0.25) is 14.9 Å². The molecule has 1 aliphatic rings. The van der Waals surface area contributed by atoms with Crippen molar-refractivity contribution in [1.82, 2.24) is 5.32 Å². The first kappa shape index (κ1) is 12.2. The maximum absolute atomic E-state index is 11.6. The van der Waals surface area contributed by atoms with Crippen molar-refractivity contribution in [1.29, 1.82) is 0 Å². The third-order valence-corrected chi connectivity index (χ3v) is 3.31. The number of carbonyl (C=O) groups is 2. The minimum atomic E-state index is -0.369. The lowest BCUT2D eigenvalue weighted by Gasteiger charge is -2.12. The maximum atomic E-state index is 11.6. The lowest BCUT2D eigenvalue weighted by molar-refractivity contribution is 0.0879. The number of amides is 2. The van der Waals surface area contributed by atoms with E-state index in [-0.39, 0.29) is 11.8 Å². The largest absolute Gasteiger partial charge is 0.397 e. The number of rotatable bonds is 2. The van der Waals surface area contributed by atoms with Gasteiger partial charge >= 0.3 is 0 Å². The first-order valence-corrected chi connectivity index (χ1v) is 6.18. The molecule has 5 nitrogen and oxygen atoms in total. The molecule has 0 saturated carbocycles. The minimum Gasteiger partial charge on any atom is -0.397 e. The van der Waals surface area contributed by atoms with Gasteiger partial charge in [0.1, 0.15) is 0 Å². The van der Waals surface area contributed by atoms with Crippen molar-refractivity contribution >= 4 is 28.9 Å². The number of carbonyl (C=O) groups excluding carboxylic acids is 2. The first-order chi connectivity index (χ1) is 9.56. The second-order valence-corrected chi connectivity index (χ2v) is 4.71. The summed E-state index contributed by atoms with van der Waals surface area (Å²) in [5.41, 5.74) is 9.87. The summed E-state index contributed by atoms with van der Waals surface area (Å²) >= 11 is 0. The van der Waals surface area contributed by atoms with Gasteiger partial charge in [-0.25, -0.2) is 0 Å². The zero-order chi connectivity index (χ0) is 14.3. The van der Waals surface area contributed by atoms with E-state index < -0.39 is 0 Å². The van der Waals surface area contributed by atoms with Crippen molar-refractivity contribution in [3.05, 3.63) is 53.1 Å². The highest BCUT2D eigenvalue weighted by atomic mass is 16.2. The van der Waals surface area contributed by atoms with E-state index in [1.54, 1.807) is 24.3 Å². The van der Waals surface area contributed by atoms with Crippen molar-refractivity contribution in [2.75, 3.05) is 11.1 Å². The van der Waals surface area contributed by atoms with Gasteiger partial charge in [0.05, 0.1) is 22.5 Å². The molecule has 0 radical (unpaired) electrons. The molecule has 0 aromatic heterocycles. The first-order valence-electron chi connectivity index (χ1n) is 6.18. The third-order valence-electron chi connectivity index (χ3n) is 3.31. The van der Waals surface area contributed by atoms with Gasteiger partial charge in [0.25, 0.3) is 11.8 Å². The molecule has 0 fully saturated rings. The molecule has 3 rings (SSSR count). The zero-order valence-corrected chi connectivity index (χ0v) is 10.9. The Balaban J connectivity index is 1.99. The molecule has 0 saturated heterocycles. The Kier molecular flexibility index (Phi) is 2.68. The molecule has 100 valence electrons. The SMILES string of the molecule is Cc1cccc(N)c1Nc1ccc2c(c1)C(=O)NC2=O. The normalized spacial score (nSPS) is 13.1. The van der Waals surface area contributed by atoms with E-state index in [0.29, 0.717) is 16.8 Å². The van der Waals surface area contributed by atoms with E-state index in [1.807, 2.05) is 19.1 Å². The topological polar surface area (TPSA) is 84.2 Å². The number of nitrogens with one attached hydrogen (secondary N) is 2. The molecular weight excluding hydrogens is 254 g/mol. The van der Waals surface area contributed by atoms with Crippen molar-refractivity contribution in [2.24, 2.45) is 0 Å². The Morgan fingerprint density at radius 3 is 2.55 bits per heavy atom. The molecule has 0 spiro atoms. The summed E-state index contributed by atoms with van der Waals surface area (Å²) in [6.07, 6.45) is 0. The third kappa shape index (κ3) is 1.89. The summed E-state index contributed by atoms with van der Waals surface area (Å²) in [6.45, 7) is 1.95. The predicted octanol–water partition coefficient (Wildman–Crippen LogP) is 2.20. The van der Waals surface area contributed by atoms with Gasteiger partial charge in [0.15, 0.2) is 0 Å². The number of benzene rings is 2. The van der Waals surface area contributed by atoms with Gasteiger partial charge in [0.2, 0.25) is 0 Å². The van der Waals surface area contributed by atoms with Crippen molar-refractivity contribution < 1.29 is 9.59 Å². The Morgan fingerprint density at radius 1 is 1.05 bits per heavy atom. The van der Waals surface area contributed by atoms with E-state index >= 15 is 0 Å². The number of aryl methyl sites for hydroxylation is 1. The molecule has 2 aromatic rings. The zero-order valence-electron chi connectivity index (χ0n) is 10.9. The Bertz CT molecular complexity index is 718. The second kappa shape index (κ2) is 4.38. The van der Waals surface area contributed by atoms with Crippen LogP contribution < -0.4 is 16.4 Å². The molecule has 4 N–H and O–H groups in total. The molecule has 2 amide bonds. The van der Waals surface area contributed by atoms with Gasteiger partial charge in [-0.1, -0.05) is 12.1 Å². The van der Waals surface area contributed by atoms with Gasteiger partial charge in [0, 0.05) is 5.69 Å². The highest BCUT2D eigenvalue weighted by Crippen LogP contribution is 2.28. The predicted molar refractivity (Wildman–Crippen MR) is 77.1 cm³/mol. The molecule has 2 aromatic carbocycles. The Morgan fingerprint density at radius 2 is 1.80 bits per heavy atom. The number of hydrogen-bond acceptors (Lipinski definition) is 4. The minimum absolute atomic E-state index is 0.355. The van der Waals surface area contributed by atoms with Crippen LogP contribution in [0.1, 0.15) is 26.3 Å². The lowest BCUT2D eigenvalue weighted by atomic mass is 10.1. The fourth-order valence-electron chi connectivity index (χ4n) is 2.25. The van der Waals surface area contributed by atoms with Crippen LogP contribution in [-0.4, -0.2) is 11.8 Å². The van der Waals surface area contributed by atoms with Crippen LogP contribution in [0.15, 0.2) is 36.4 Å². The lowest BCUT2D eigenvalue weighted by Crippen LogP contribution is -2.19. The summed E-state index contributed by atoms with van der Waals surface area (Å²) in [7, 11) is 0. The van der Waals surface area contributed by atoms with Crippen molar-refractivity contribution in [2.45, 2.75) is 6.92 Å². The van der Waals surface area contributed by atoms with Gasteiger partial charge in [-0.15, -0.1) is 0 Å². The quantitative estimate of drug-likeness (QED) is 0.575. The number of fused-ring (bicyclic) bond motifs is 1. The second-order valence-electron chi connectivity index (χ2n) is 4.71. The van der Waals surface area contributed by atoms with Gasteiger partial charge in [-0.05, 0) is 36.8 Å². The summed E-state index contributed by atoms with van der Waals surface area (Å²) in [4.78, 5) is 23.1. The molecule has 5 heteroatoms. The van der Waals surface area contributed by atoms with Crippen LogP contribution >= 0.6 is 0 Å². The number of nitrogen functional groups attached to an aromatic ring is 1. The van der Waals surface area contributed by atoms with E-state index in [4.69, 9.17) is 5.73 Å². The van der Waals surface area contributed by atoms with Crippen molar-refractivity contribution in [3.8, 4) is 0 Å². The molecule has 0 aliphatic carbocycles. The van der Waals surface area contributed by atoms with E-state index in [2.05, 4.69) is 10.6 Å². The molecule has 0 unspecified atom stereocenters. The summed E-state index contributed by atoms with van der Waals surface area (Å²) < 4.78 is 0. The van der Waals surface area contributed by atoms with Crippen LogP contribution in [-0.2, 0) is 0 Å². The molecule has 20 heavy (non-hydrogen) atoms. The van der Waals surface area contributed by atoms with Gasteiger partial charge in [-0.2, -0.15) is 0 Å². The van der Waals surface area contributed by atoms with Crippen LogP contribution in [0.2, 0.25) is 0 Å². The molecule has 1 heterocycles. The molecule has 0 atom stereocenters. The molecular formula is C15H13N3O2. The summed E-state index contributed by atoms with van der Waals surface area (Å²) in [5, 5.41) is 5.46. The van der Waals surface area contributed by atoms with Crippen LogP contribution in [0, 0.1) is 6.92 Å². The Labute approximate surface area is 115 Å². The van der Waals surface area contributed by atoms with E-state index in [9.17, 15) is 9.59 Å². The van der Waals surface area contributed by atoms with Crippen LogP contribution in [0.4, 0.5) is 17.1 Å². The van der Waals surface area contributed by atoms with E-state index in [1.165, 1.54) is 0 Å². The average molecular weight is 267 g/mol. The Hall–Kier alpha value is -2.82. The maximum Gasteiger partial charge on any atom is 0.259 e. The van der Waals surface area contributed by atoms with Gasteiger partial charge < -0.3 is 11.1 Å². The highest BCUT2D eigenvalue weighted by molar-refractivity contribution is 6.21. The number of para-hydroxylation sites is 1. The standard InChI is InChI=1S/C15H13N3O2/c1-8-3-2-4-12(16)13(8)17-9-5-6-10-11(7-9)15(20)18-14(10)19/h2-7,17H,16H2,1H3,(H,18,19,20). The van der Waals surface area contributed by atoms with Crippen molar-refractivity contribution in [3.63, 3.8) is 0 Å². The fourth-order valence-corrected chi connectivity index (χ4v) is 2.25. The number of imide groups is 1. The summed E-state index contributed by atoms with van der Waals surface area (Å²) in [6, 6.07) is 10.7. The highest BCUT2D eigenvalue weighted by Gasteiger charge is 2.26. The molecule has 1 aliphatic heterocycles. The van der Waals surface area contributed by atoms with Crippen LogP contribution in [0.3, 0.4) is 0 Å². The van der Waals surface area contributed by atoms with Crippen LogP contribution in [0.5, 0.6) is 0 Å². The number of anilines is 3. The van der Waals surface area contributed by atoms with E-state index in [0.717, 1.165) is 16.9 Å². The fraction of sp³-hybridized carbons (Fsp3) is 0.0667.